The average Bonchev–Trinajstić information content (AvgIpc) is 2.75. The first-order chi connectivity index (χ1) is 8.58. The van der Waals surface area contributed by atoms with Crippen LogP contribution in [0, 0.1) is 6.92 Å². The molecule has 2 rings (SSSR count). The molecule has 0 saturated carbocycles. The van der Waals surface area contributed by atoms with Gasteiger partial charge in [0.05, 0.1) is 16.2 Å². The molecule has 5 nitrogen and oxygen atoms in total. The van der Waals surface area contributed by atoms with Gasteiger partial charge in [0.25, 0.3) is 5.91 Å². The Morgan fingerprint density at radius 3 is 2.67 bits per heavy atom. The number of aryl methyl sites for hydroxylation is 1. The summed E-state index contributed by atoms with van der Waals surface area (Å²) in [7, 11) is 0. The highest BCUT2D eigenvalue weighted by Crippen LogP contribution is 2.16. The van der Waals surface area contributed by atoms with Gasteiger partial charge >= 0.3 is 0 Å². The molecule has 1 aromatic rings. The molecule has 0 unspecified atom stereocenters. The zero-order chi connectivity index (χ0) is 13.1. The Balaban J connectivity index is 1.92. The third kappa shape index (κ3) is 3.04. The van der Waals surface area contributed by atoms with Crippen LogP contribution in [0.4, 0.5) is 0 Å². The molecule has 1 fully saturated rings. The lowest BCUT2D eigenvalue weighted by Gasteiger charge is -2.34. The molecule has 18 heavy (non-hydrogen) atoms. The molecule has 7 heteroatoms. The summed E-state index contributed by atoms with van der Waals surface area (Å²) in [5.41, 5.74) is 8.05. The minimum Gasteiger partial charge on any atom is -0.392 e. The second kappa shape index (κ2) is 5.73. The van der Waals surface area contributed by atoms with Gasteiger partial charge in [-0.15, -0.1) is 11.3 Å². The topological polar surface area (TPSA) is 62.5 Å². The molecular weight excluding hydrogens is 268 g/mol. The van der Waals surface area contributed by atoms with Crippen molar-refractivity contribution in [2.75, 3.05) is 32.7 Å². The molecule has 1 aliphatic heterocycles. The molecule has 0 radical (unpaired) electrons. The summed E-state index contributed by atoms with van der Waals surface area (Å²) in [6.07, 6.45) is 0. The maximum absolute atomic E-state index is 12.2. The summed E-state index contributed by atoms with van der Waals surface area (Å²) >= 11 is 6.29. The second-order valence-corrected chi connectivity index (χ2v) is 5.68. The molecule has 0 aromatic carbocycles. The van der Waals surface area contributed by atoms with Crippen molar-refractivity contribution in [2.45, 2.75) is 6.92 Å². The van der Waals surface area contributed by atoms with Gasteiger partial charge in [-0.05, 0) is 6.92 Å². The normalized spacial score (nSPS) is 16.8. The Kier molecular flexibility index (Phi) is 4.26. The fourth-order valence-corrected chi connectivity index (χ4v) is 2.93. The molecular formula is C11H16N4OS2. The number of piperazine rings is 1. The molecule has 98 valence electrons. The number of amides is 1. The summed E-state index contributed by atoms with van der Waals surface area (Å²) in [5, 5.41) is 0. The van der Waals surface area contributed by atoms with Crippen molar-refractivity contribution < 1.29 is 4.79 Å². The van der Waals surface area contributed by atoms with Gasteiger partial charge in [0.1, 0.15) is 4.88 Å². The zero-order valence-electron chi connectivity index (χ0n) is 10.3. The van der Waals surface area contributed by atoms with Crippen molar-refractivity contribution in [1.82, 2.24) is 14.8 Å². The summed E-state index contributed by atoms with van der Waals surface area (Å²) in [4.78, 5) is 21.7. The molecule has 2 heterocycles. The minimum atomic E-state index is 0.0879. The summed E-state index contributed by atoms with van der Waals surface area (Å²) in [6.45, 7) is 5.59. The lowest BCUT2D eigenvalue weighted by atomic mass is 10.2. The number of hydrogen-bond acceptors (Lipinski definition) is 5. The van der Waals surface area contributed by atoms with Crippen LogP contribution >= 0.6 is 23.6 Å². The third-order valence-electron chi connectivity index (χ3n) is 2.98. The highest BCUT2D eigenvalue weighted by molar-refractivity contribution is 7.80. The van der Waals surface area contributed by atoms with Gasteiger partial charge in [0.15, 0.2) is 0 Å². The van der Waals surface area contributed by atoms with Crippen molar-refractivity contribution in [1.29, 1.82) is 0 Å². The lowest BCUT2D eigenvalue weighted by molar-refractivity contribution is 0.0658. The number of thiocarbonyl (C=S) groups is 1. The first kappa shape index (κ1) is 13.4. The number of thiazole rings is 1. The van der Waals surface area contributed by atoms with E-state index < -0.39 is 0 Å². The highest BCUT2D eigenvalue weighted by atomic mass is 32.1. The van der Waals surface area contributed by atoms with E-state index in [0.717, 1.165) is 36.8 Å². The van der Waals surface area contributed by atoms with Crippen molar-refractivity contribution >= 4 is 34.5 Å². The Morgan fingerprint density at radius 2 is 2.17 bits per heavy atom. The standard InChI is InChI=1S/C11H16N4OS2/c1-8-10(18-7-13-8)11(16)15-4-2-14(3-5-15)6-9(12)17/h7H,2-6H2,1H3,(H2,12,17). The predicted molar refractivity (Wildman–Crippen MR) is 76.0 cm³/mol. The van der Waals surface area contributed by atoms with Gasteiger partial charge in [-0.3, -0.25) is 9.69 Å². The van der Waals surface area contributed by atoms with Crippen LogP contribution in [-0.4, -0.2) is 58.4 Å². The minimum absolute atomic E-state index is 0.0879. The molecule has 0 aliphatic carbocycles. The van der Waals surface area contributed by atoms with Crippen molar-refractivity contribution in [3.8, 4) is 0 Å². The first-order valence-corrected chi connectivity index (χ1v) is 7.06. The van der Waals surface area contributed by atoms with E-state index >= 15 is 0 Å². The van der Waals surface area contributed by atoms with Gasteiger partial charge in [0, 0.05) is 32.7 Å². The van der Waals surface area contributed by atoms with E-state index in [2.05, 4.69) is 9.88 Å². The van der Waals surface area contributed by atoms with Gasteiger partial charge in [0.2, 0.25) is 0 Å². The van der Waals surface area contributed by atoms with Crippen molar-refractivity contribution in [2.24, 2.45) is 5.73 Å². The van der Waals surface area contributed by atoms with E-state index in [1.807, 2.05) is 11.8 Å². The third-order valence-corrected chi connectivity index (χ3v) is 4.02. The molecule has 2 N–H and O–H groups in total. The number of nitrogens with two attached hydrogens (primary N) is 1. The van der Waals surface area contributed by atoms with Crippen LogP contribution in [0.2, 0.25) is 0 Å². The maximum atomic E-state index is 12.2. The van der Waals surface area contributed by atoms with Crippen LogP contribution in [0.1, 0.15) is 15.4 Å². The van der Waals surface area contributed by atoms with Crippen LogP contribution < -0.4 is 5.73 Å². The zero-order valence-corrected chi connectivity index (χ0v) is 11.9. The summed E-state index contributed by atoms with van der Waals surface area (Å²) in [6, 6.07) is 0. The lowest BCUT2D eigenvalue weighted by Crippen LogP contribution is -2.50. The Morgan fingerprint density at radius 1 is 1.50 bits per heavy atom. The first-order valence-electron chi connectivity index (χ1n) is 5.78. The van der Waals surface area contributed by atoms with E-state index in [4.69, 9.17) is 18.0 Å². The summed E-state index contributed by atoms with van der Waals surface area (Å²) < 4.78 is 0. The average molecular weight is 284 g/mol. The number of nitrogens with zero attached hydrogens (tertiary/aromatic N) is 3. The van der Waals surface area contributed by atoms with E-state index in [-0.39, 0.29) is 5.91 Å². The number of aromatic nitrogens is 1. The molecule has 1 aromatic heterocycles. The van der Waals surface area contributed by atoms with Crippen LogP contribution in [0.15, 0.2) is 5.51 Å². The van der Waals surface area contributed by atoms with Crippen molar-refractivity contribution in [3.63, 3.8) is 0 Å². The van der Waals surface area contributed by atoms with Gasteiger partial charge in [-0.1, -0.05) is 12.2 Å². The molecule has 0 spiro atoms. The molecule has 0 atom stereocenters. The van der Waals surface area contributed by atoms with Gasteiger partial charge < -0.3 is 10.6 Å². The second-order valence-electron chi connectivity index (χ2n) is 4.30. The number of carbonyl (C=O) groups is 1. The Bertz CT molecular complexity index is 452. The van der Waals surface area contributed by atoms with Gasteiger partial charge in [-0.25, -0.2) is 4.98 Å². The van der Waals surface area contributed by atoms with Crippen LogP contribution in [0.25, 0.3) is 0 Å². The van der Waals surface area contributed by atoms with E-state index in [1.165, 1.54) is 11.3 Å². The monoisotopic (exact) mass is 284 g/mol. The number of carbonyl (C=O) groups excluding carboxylic acids is 1. The predicted octanol–water partition coefficient (Wildman–Crippen LogP) is 0.495. The fraction of sp³-hybridized carbons (Fsp3) is 0.545. The van der Waals surface area contributed by atoms with Crippen molar-refractivity contribution in [3.05, 3.63) is 16.1 Å². The largest absolute Gasteiger partial charge is 0.392 e. The van der Waals surface area contributed by atoms with Gasteiger partial charge in [-0.2, -0.15) is 0 Å². The smallest absolute Gasteiger partial charge is 0.265 e. The SMILES string of the molecule is Cc1ncsc1C(=O)N1CCN(CC(N)=S)CC1. The molecule has 1 saturated heterocycles. The van der Waals surface area contributed by atoms with E-state index in [9.17, 15) is 4.79 Å². The number of rotatable bonds is 3. The summed E-state index contributed by atoms with van der Waals surface area (Å²) in [5.74, 6) is 0.0879. The molecule has 0 bridgehead atoms. The maximum Gasteiger partial charge on any atom is 0.265 e. The Labute approximate surface area is 116 Å². The number of hydrogen-bond donors (Lipinski definition) is 1. The van der Waals surface area contributed by atoms with Crippen LogP contribution in [0.3, 0.4) is 0 Å². The molecule has 1 aliphatic rings. The fourth-order valence-electron chi connectivity index (χ4n) is 1.98. The van der Waals surface area contributed by atoms with Crippen LogP contribution in [-0.2, 0) is 0 Å². The highest BCUT2D eigenvalue weighted by Gasteiger charge is 2.24. The quantitative estimate of drug-likeness (QED) is 0.819. The Hall–Kier alpha value is -1.05. The van der Waals surface area contributed by atoms with Crippen LogP contribution in [0.5, 0.6) is 0 Å². The van der Waals surface area contributed by atoms with E-state index in [0.29, 0.717) is 11.5 Å². The molecule has 1 amide bonds. The van der Waals surface area contributed by atoms with E-state index in [1.54, 1.807) is 5.51 Å².